The molecular weight excluding hydrogens is 214 g/mol. The molecule has 0 bridgehead atoms. The minimum absolute atomic E-state index is 0.0731. The van der Waals surface area contributed by atoms with E-state index in [1.807, 2.05) is 24.0 Å². The molecule has 1 amide bonds. The van der Waals surface area contributed by atoms with Gasteiger partial charge in [0.2, 0.25) is 0 Å². The van der Waals surface area contributed by atoms with Gasteiger partial charge >= 0.3 is 0 Å². The van der Waals surface area contributed by atoms with Crippen LogP contribution in [0.3, 0.4) is 0 Å². The number of rotatable bonds is 1. The van der Waals surface area contributed by atoms with Gasteiger partial charge in [-0.2, -0.15) is 0 Å². The van der Waals surface area contributed by atoms with E-state index in [0.717, 1.165) is 25.3 Å². The number of aryl methyl sites for hydroxylation is 1. The van der Waals surface area contributed by atoms with Crippen LogP contribution in [0, 0.1) is 6.92 Å². The molecule has 2 rings (SSSR count). The topological polar surface area (TPSA) is 45.2 Å². The van der Waals surface area contributed by atoms with Gasteiger partial charge in [0.05, 0.1) is 11.1 Å². The van der Waals surface area contributed by atoms with Gasteiger partial charge in [0.1, 0.15) is 0 Å². The van der Waals surface area contributed by atoms with Gasteiger partial charge in [-0.3, -0.25) is 9.78 Å². The molecule has 1 fully saturated rings. The second kappa shape index (κ2) is 4.45. The van der Waals surface area contributed by atoms with Crippen LogP contribution in [-0.4, -0.2) is 41.0 Å². The number of amides is 1. The fourth-order valence-corrected chi connectivity index (χ4v) is 2.11. The summed E-state index contributed by atoms with van der Waals surface area (Å²) in [6, 6.07) is 3.73. The zero-order valence-corrected chi connectivity index (χ0v) is 10.7. The van der Waals surface area contributed by atoms with Crippen molar-refractivity contribution in [1.82, 2.24) is 15.2 Å². The molecule has 1 saturated heterocycles. The summed E-state index contributed by atoms with van der Waals surface area (Å²) in [4.78, 5) is 18.5. The van der Waals surface area contributed by atoms with Crippen molar-refractivity contribution in [2.24, 2.45) is 0 Å². The van der Waals surface area contributed by atoms with Crippen molar-refractivity contribution in [2.75, 3.05) is 19.6 Å². The van der Waals surface area contributed by atoms with Crippen LogP contribution in [0.5, 0.6) is 0 Å². The minimum Gasteiger partial charge on any atom is -0.331 e. The maximum atomic E-state index is 12.4. The average molecular weight is 233 g/mol. The van der Waals surface area contributed by atoms with Gasteiger partial charge in [-0.1, -0.05) is 0 Å². The van der Waals surface area contributed by atoms with E-state index in [1.165, 1.54) is 0 Å². The Morgan fingerprint density at radius 1 is 1.47 bits per heavy atom. The van der Waals surface area contributed by atoms with E-state index in [-0.39, 0.29) is 11.4 Å². The lowest BCUT2D eigenvalue weighted by atomic mass is 9.99. The van der Waals surface area contributed by atoms with Gasteiger partial charge in [-0.25, -0.2) is 0 Å². The van der Waals surface area contributed by atoms with E-state index in [1.54, 1.807) is 6.20 Å². The van der Waals surface area contributed by atoms with E-state index in [0.29, 0.717) is 5.56 Å². The van der Waals surface area contributed by atoms with Crippen molar-refractivity contribution < 1.29 is 4.79 Å². The fourth-order valence-electron chi connectivity index (χ4n) is 2.11. The van der Waals surface area contributed by atoms with Crippen LogP contribution in [0.1, 0.15) is 29.9 Å². The van der Waals surface area contributed by atoms with Crippen molar-refractivity contribution in [3.8, 4) is 0 Å². The van der Waals surface area contributed by atoms with Crippen molar-refractivity contribution in [3.63, 3.8) is 0 Å². The number of aromatic nitrogens is 1. The highest BCUT2D eigenvalue weighted by atomic mass is 16.2. The third-order valence-electron chi connectivity index (χ3n) is 3.20. The average Bonchev–Trinajstić information content (AvgIpc) is 2.28. The van der Waals surface area contributed by atoms with Crippen molar-refractivity contribution in [3.05, 3.63) is 29.6 Å². The molecule has 1 aromatic heterocycles. The standard InChI is InChI=1S/C13H19N3O/c1-10-4-5-11(8-15-10)12(17)16-7-6-14-9-13(16,2)3/h4-5,8,14H,6-7,9H2,1-3H3. The summed E-state index contributed by atoms with van der Waals surface area (Å²) in [6.07, 6.45) is 1.66. The number of piperazine rings is 1. The molecule has 1 aliphatic rings. The molecule has 0 aromatic carbocycles. The first-order valence-electron chi connectivity index (χ1n) is 5.96. The molecule has 0 radical (unpaired) electrons. The van der Waals surface area contributed by atoms with Gasteiger partial charge < -0.3 is 10.2 Å². The fraction of sp³-hybridized carbons (Fsp3) is 0.538. The van der Waals surface area contributed by atoms with Gasteiger partial charge in [0.15, 0.2) is 0 Å². The maximum absolute atomic E-state index is 12.4. The number of hydrogen-bond donors (Lipinski definition) is 1. The Labute approximate surface area is 102 Å². The smallest absolute Gasteiger partial charge is 0.255 e. The van der Waals surface area contributed by atoms with Gasteiger partial charge in [-0.15, -0.1) is 0 Å². The van der Waals surface area contributed by atoms with Crippen LogP contribution < -0.4 is 5.32 Å². The molecule has 1 aromatic rings. The Kier molecular flexibility index (Phi) is 3.15. The van der Waals surface area contributed by atoms with Crippen molar-refractivity contribution >= 4 is 5.91 Å². The lowest BCUT2D eigenvalue weighted by molar-refractivity contribution is 0.0477. The monoisotopic (exact) mass is 233 g/mol. The summed E-state index contributed by atoms with van der Waals surface area (Å²) < 4.78 is 0. The van der Waals surface area contributed by atoms with Crippen LogP contribution in [0.25, 0.3) is 0 Å². The van der Waals surface area contributed by atoms with Crippen LogP contribution in [0.15, 0.2) is 18.3 Å². The Balaban J connectivity index is 2.21. The number of nitrogens with one attached hydrogen (secondary N) is 1. The first kappa shape index (κ1) is 12.0. The third kappa shape index (κ3) is 2.47. The summed E-state index contributed by atoms with van der Waals surface area (Å²) >= 11 is 0. The summed E-state index contributed by atoms with van der Waals surface area (Å²) in [5.41, 5.74) is 1.46. The number of carbonyl (C=O) groups is 1. The van der Waals surface area contributed by atoms with Crippen LogP contribution in [0.2, 0.25) is 0 Å². The molecule has 92 valence electrons. The van der Waals surface area contributed by atoms with Gasteiger partial charge in [0, 0.05) is 31.5 Å². The van der Waals surface area contributed by atoms with Crippen molar-refractivity contribution in [2.45, 2.75) is 26.3 Å². The van der Waals surface area contributed by atoms with Crippen LogP contribution >= 0.6 is 0 Å². The number of nitrogens with zero attached hydrogens (tertiary/aromatic N) is 2. The number of pyridine rings is 1. The molecule has 0 spiro atoms. The Hall–Kier alpha value is -1.42. The molecule has 0 aliphatic carbocycles. The predicted octanol–water partition coefficient (Wildman–Crippen LogP) is 1.21. The summed E-state index contributed by atoms with van der Waals surface area (Å²) in [5.74, 6) is 0.0731. The zero-order chi connectivity index (χ0) is 12.5. The summed E-state index contributed by atoms with van der Waals surface area (Å²) in [5, 5.41) is 3.31. The van der Waals surface area contributed by atoms with Crippen LogP contribution in [0.4, 0.5) is 0 Å². The SMILES string of the molecule is Cc1ccc(C(=O)N2CCNCC2(C)C)cn1. The second-order valence-corrected chi connectivity index (χ2v) is 5.13. The lowest BCUT2D eigenvalue weighted by Gasteiger charge is -2.42. The molecular formula is C13H19N3O. The predicted molar refractivity (Wildman–Crippen MR) is 67.0 cm³/mol. The molecule has 2 heterocycles. The van der Waals surface area contributed by atoms with Crippen molar-refractivity contribution in [1.29, 1.82) is 0 Å². The molecule has 17 heavy (non-hydrogen) atoms. The Morgan fingerprint density at radius 3 is 2.82 bits per heavy atom. The summed E-state index contributed by atoms with van der Waals surface area (Å²) in [7, 11) is 0. The first-order valence-corrected chi connectivity index (χ1v) is 5.96. The van der Waals surface area contributed by atoms with E-state index in [4.69, 9.17) is 0 Å². The summed E-state index contributed by atoms with van der Waals surface area (Å²) in [6.45, 7) is 8.52. The lowest BCUT2D eigenvalue weighted by Crippen LogP contribution is -2.59. The maximum Gasteiger partial charge on any atom is 0.255 e. The molecule has 1 aliphatic heterocycles. The van der Waals surface area contributed by atoms with Gasteiger partial charge in [-0.05, 0) is 32.9 Å². The zero-order valence-electron chi connectivity index (χ0n) is 10.7. The Morgan fingerprint density at radius 2 is 2.24 bits per heavy atom. The highest BCUT2D eigenvalue weighted by molar-refractivity contribution is 5.94. The molecule has 1 N–H and O–H groups in total. The molecule has 4 heteroatoms. The Bertz CT molecular complexity index is 411. The van der Waals surface area contributed by atoms with E-state index in [2.05, 4.69) is 24.1 Å². The molecule has 0 atom stereocenters. The van der Waals surface area contributed by atoms with Gasteiger partial charge in [0.25, 0.3) is 5.91 Å². The molecule has 4 nitrogen and oxygen atoms in total. The van der Waals surface area contributed by atoms with E-state index >= 15 is 0 Å². The molecule has 0 unspecified atom stereocenters. The second-order valence-electron chi connectivity index (χ2n) is 5.13. The quantitative estimate of drug-likeness (QED) is 0.793. The number of hydrogen-bond acceptors (Lipinski definition) is 3. The van der Waals surface area contributed by atoms with E-state index < -0.39 is 0 Å². The van der Waals surface area contributed by atoms with E-state index in [9.17, 15) is 4.79 Å². The normalized spacial score (nSPS) is 19.1. The highest BCUT2D eigenvalue weighted by Crippen LogP contribution is 2.19. The highest BCUT2D eigenvalue weighted by Gasteiger charge is 2.33. The minimum atomic E-state index is -0.139. The first-order chi connectivity index (χ1) is 8.00. The largest absolute Gasteiger partial charge is 0.331 e. The number of carbonyl (C=O) groups excluding carboxylic acids is 1. The van der Waals surface area contributed by atoms with Crippen LogP contribution in [-0.2, 0) is 0 Å². The molecule has 0 saturated carbocycles. The third-order valence-corrected chi connectivity index (χ3v) is 3.20.